The first-order chi connectivity index (χ1) is 5.91. The maximum Gasteiger partial charge on any atom is 0.306 e. The van der Waals surface area contributed by atoms with Gasteiger partial charge in [-0.3, -0.25) is 4.79 Å². The van der Waals surface area contributed by atoms with Crippen molar-refractivity contribution in [2.75, 3.05) is 6.61 Å². The van der Waals surface area contributed by atoms with Crippen LogP contribution in [0.3, 0.4) is 0 Å². The van der Waals surface area contributed by atoms with E-state index in [9.17, 15) is 4.79 Å². The molecule has 0 aliphatic carbocycles. The van der Waals surface area contributed by atoms with Crippen LogP contribution in [0.5, 0.6) is 0 Å². The third-order valence-electron chi connectivity index (χ3n) is 1.24. The van der Waals surface area contributed by atoms with Gasteiger partial charge in [-0.2, -0.15) is 0 Å². The third kappa shape index (κ3) is 3.63. The van der Waals surface area contributed by atoms with Crippen molar-refractivity contribution in [3.63, 3.8) is 0 Å². The lowest BCUT2D eigenvalue weighted by atomic mass is 10.1. The average Bonchev–Trinajstić information content (AvgIpc) is 2.12. The Bertz CT molecular complexity index is 175. The van der Waals surface area contributed by atoms with E-state index in [-0.39, 0.29) is 0 Å². The summed E-state index contributed by atoms with van der Waals surface area (Å²) in [5, 5.41) is 43.3. The molecule has 0 saturated heterocycles. The van der Waals surface area contributed by atoms with Gasteiger partial charge in [-0.15, -0.1) is 0 Å². The molecule has 4 atom stereocenters. The normalized spacial score (nSPS) is 22.2. The fourth-order valence-electron chi connectivity index (χ4n) is 0.580. The Morgan fingerprint density at radius 1 is 1.33 bits per heavy atom. The Morgan fingerprint density at radius 2 is 1.83 bits per heavy atom. The van der Waals surface area contributed by atoms with E-state index < -0.39 is 37.3 Å². The van der Waals surface area contributed by atoms with Crippen molar-refractivity contribution in [1.82, 2.24) is 0 Å². The second kappa shape index (κ2) is 5.04. The first kappa shape index (κ1) is 9.40. The summed E-state index contributed by atoms with van der Waals surface area (Å²) in [6.07, 6.45) is -7.37. The van der Waals surface area contributed by atoms with Gasteiger partial charge in [0.05, 0.1) is 19.1 Å². The number of carboxylic acids is 1. The quantitative estimate of drug-likeness (QED) is 0.321. The van der Waals surface area contributed by atoms with Crippen LogP contribution < -0.4 is 0 Å². The van der Waals surface area contributed by atoms with E-state index in [4.69, 9.17) is 26.9 Å². The van der Waals surface area contributed by atoms with Crippen molar-refractivity contribution in [3.8, 4) is 0 Å². The number of hydrogen-bond donors (Lipinski definition) is 5. The van der Waals surface area contributed by atoms with E-state index >= 15 is 0 Å². The summed E-state index contributed by atoms with van der Waals surface area (Å²) in [6, 6.07) is 0. The number of hydrogen-bond acceptors (Lipinski definition) is 5. The molecule has 0 unspecified atom stereocenters. The summed E-state index contributed by atoms with van der Waals surface area (Å²) in [5.74, 6) is -1.61. The fourth-order valence-corrected chi connectivity index (χ4v) is 0.580. The molecular formula is C6H12O6. The van der Waals surface area contributed by atoms with Gasteiger partial charge in [0.1, 0.15) is 12.2 Å². The molecule has 0 saturated carbocycles. The van der Waals surface area contributed by atoms with Crippen molar-refractivity contribution in [2.45, 2.75) is 24.7 Å². The van der Waals surface area contributed by atoms with Crippen LogP contribution in [0, 0.1) is 0 Å². The highest BCUT2D eigenvalue weighted by molar-refractivity contribution is 5.67. The van der Waals surface area contributed by atoms with Gasteiger partial charge in [-0.05, 0) is 0 Å². The van der Waals surface area contributed by atoms with Crippen LogP contribution in [0.15, 0.2) is 0 Å². The largest absolute Gasteiger partial charge is 0.481 e. The molecule has 0 amide bonds. The van der Waals surface area contributed by atoms with Gasteiger partial charge in [-0.1, -0.05) is 0 Å². The van der Waals surface area contributed by atoms with Crippen molar-refractivity contribution in [1.29, 1.82) is 0 Å². The summed E-state index contributed by atoms with van der Waals surface area (Å²) < 4.78 is 6.83. The summed E-state index contributed by atoms with van der Waals surface area (Å²) in [4.78, 5) is 10.2. The average molecular weight is 181 g/mol. The van der Waals surface area contributed by atoms with Crippen LogP contribution in [-0.4, -0.2) is 56.4 Å². The van der Waals surface area contributed by atoms with Crippen LogP contribution >= 0.6 is 0 Å². The van der Waals surface area contributed by atoms with Crippen LogP contribution in [0.1, 0.15) is 7.77 Å². The number of aliphatic hydroxyl groups excluding tert-OH is 4. The van der Waals surface area contributed by atoms with E-state index in [1.807, 2.05) is 0 Å². The SMILES string of the molecule is [2H][C@H](C(=O)O)[C@@H](O)[C@H](O)[C@H](O)CO. The number of rotatable bonds is 5. The maximum absolute atomic E-state index is 10.2. The van der Waals surface area contributed by atoms with Gasteiger partial charge in [0, 0.05) is 1.37 Å². The molecule has 0 bridgehead atoms. The molecule has 5 N–H and O–H groups in total. The highest BCUT2D eigenvalue weighted by Gasteiger charge is 2.25. The van der Waals surface area contributed by atoms with E-state index in [0.29, 0.717) is 0 Å². The molecule has 6 heteroatoms. The van der Waals surface area contributed by atoms with Gasteiger partial charge in [0.25, 0.3) is 0 Å². The molecule has 0 rings (SSSR count). The zero-order chi connectivity index (χ0) is 10.6. The van der Waals surface area contributed by atoms with Crippen molar-refractivity contribution in [3.05, 3.63) is 0 Å². The minimum absolute atomic E-state index is 0.815. The van der Waals surface area contributed by atoms with Gasteiger partial charge in [-0.25, -0.2) is 0 Å². The Kier molecular flexibility index (Phi) is 3.95. The van der Waals surface area contributed by atoms with E-state index in [2.05, 4.69) is 0 Å². The predicted molar refractivity (Wildman–Crippen MR) is 37.4 cm³/mol. The minimum Gasteiger partial charge on any atom is -0.481 e. The van der Waals surface area contributed by atoms with Crippen LogP contribution in [0.25, 0.3) is 0 Å². The molecule has 0 aromatic rings. The monoisotopic (exact) mass is 181 g/mol. The van der Waals surface area contributed by atoms with E-state index in [0.717, 1.165) is 0 Å². The van der Waals surface area contributed by atoms with Crippen molar-refractivity contribution in [2.24, 2.45) is 0 Å². The molecule has 0 aliphatic heterocycles. The Morgan fingerprint density at radius 3 is 2.17 bits per heavy atom. The lowest BCUT2D eigenvalue weighted by Gasteiger charge is -2.19. The first-order valence-electron chi connectivity index (χ1n) is 3.79. The Hall–Kier alpha value is -0.690. The molecule has 0 aliphatic rings. The Balaban J connectivity index is 4.24. The molecule has 0 aromatic heterocycles. The predicted octanol–water partition coefficient (Wildman–Crippen LogP) is -2.46. The maximum atomic E-state index is 10.2. The first-order valence-corrected chi connectivity index (χ1v) is 3.22. The number of carboxylic acid groups (broad SMARTS) is 1. The molecule has 6 nitrogen and oxygen atoms in total. The zero-order valence-electron chi connectivity index (χ0n) is 7.16. The molecule has 0 aromatic carbocycles. The lowest BCUT2D eigenvalue weighted by molar-refractivity contribution is -0.143. The highest BCUT2D eigenvalue weighted by atomic mass is 16.4. The zero-order valence-corrected chi connectivity index (χ0v) is 6.16. The van der Waals surface area contributed by atoms with Gasteiger partial charge in [0.2, 0.25) is 0 Å². The lowest BCUT2D eigenvalue weighted by Crippen LogP contribution is -2.40. The number of carbonyl (C=O) groups is 1. The van der Waals surface area contributed by atoms with E-state index in [1.165, 1.54) is 0 Å². The Labute approximate surface area is 70.1 Å². The van der Waals surface area contributed by atoms with Crippen molar-refractivity contribution < 1.29 is 31.7 Å². The summed E-state index contributed by atoms with van der Waals surface area (Å²) >= 11 is 0. The van der Waals surface area contributed by atoms with E-state index in [1.54, 1.807) is 0 Å². The van der Waals surface area contributed by atoms with Crippen molar-refractivity contribution >= 4 is 5.97 Å². The summed E-state index contributed by atoms with van der Waals surface area (Å²) in [6.45, 7) is -0.815. The summed E-state index contributed by atoms with van der Waals surface area (Å²) in [5.41, 5.74) is 0. The van der Waals surface area contributed by atoms with Crippen LogP contribution in [0.2, 0.25) is 0 Å². The van der Waals surface area contributed by atoms with Gasteiger partial charge < -0.3 is 25.5 Å². The topological polar surface area (TPSA) is 118 Å². The smallest absolute Gasteiger partial charge is 0.306 e. The molecule has 0 fully saturated rings. The molecule has 0 spiro atoms. The highest BCUT2D eigenvalue weighted by Crippen LogP contribution is 2.03. The third-order valence-corrected chi connectivity index (χ3v) is 1.24. The summed E-state index contributed by atoms with van der Waals surface area (Å²) in [7, 11) is 0. The second-order valence-corrected chi connectivity index (χ2v) is 2.24. The number of aliphatic hydroxyl groups is 4. The van der Waals surface area contributed by atoms with Gasteiger partial charge >= 0.3 is 5.97 Å². The molecular weight excluding hydrogens is 168 g/mol. The molecule has 12 heavy (non-hydrogen) atoms. The second-order valence-electron chi connectivity index (χ2n) is 2.24. The fraction of sp³-hybridized carbons (Fsp3) is 0.833. The molecule has 72 valence electrons. The van der Waals surface area contributed by atoms with Gasteiger partial charge in [0.15, 0.2) is 0 Å². The molecule has 0 heterocycles. The number of aliphatic carboxylic acids is 1. The minimum atomic E-state index is -1.95. The van der Waals surface area contributed by atoms with Crippen LogP contribution in [0.4, 0.5) is 0 Å². The molecule has 0 radical (unpaired) electrons. The standard InChI is InChI=1S/C6H12O6/c7-2-4(9)6(12)3(8)1-5(10)11/h3-4,6-9,12H,1-2H2,(H,10,11)/t3-,4-,6+/m1/s1/i1D/t1-,3+,4+,6-/m0. The van der Waals surface area contributed by atoms with Crippen LogP contribution in [-0.2, 0) is 4.79 Å².